The molecule has 0 bridgehead atoms. The molecule has 0 fully saturated rings. The third-order valence-electron chi connectivity index (χ3n) is 0. The third-order valence-corrected chi connectivity index (χ3v) is 0. The van der Waals surface area contributed by atoms with Gasteiger partial charge in [-0.05, 0) is 0 Å². The van der Waals surface area contributed by atoms with E-state index < -0.39 is 0 Å². The van der Waals surface area contributed by atoms with Crippen LogP contribution in [-0.2, 0) is 37.4 Å². The molecule has 0 N–H and O–H groups in total. The van der Waals surface area contributed by atoms with E-state index in [9.17, 15) is 0 Å². The van der Waals surface area contributed by atoms with Crippen molar-refractivity contribution >= 4 is 16.2 Å². The first kappa shape index (κ1) is 28.3. The van der Waals surface area contributed by atoms with Gasteiger partial charge in [-0.3, -0.25) is 0 Å². The van der Waals surface area contributed by atoms with Crippen molar-refractivity contribution in [2.45, 2.75) is 0 Å². The van der Waals surface area contributed by atoms with E-state index >= 15 is 0 Å². The molecule has 0 heterocycles. The van der Waals surface area contributed by atoms with Crippen LogP contribution in [0.25, 0.3) is 0 Å². The Morgan fingerprint density at radius 3 is 1.40 bits per heavy atom. The van der Waals surface area contributed by atoms with Gasteiger partial charge in [-0.1, -0.05) is 0 Å². The second-order valence-electron chi connectivity index (χ2n) is 0. The van der Waals surface area contributed by atoms with E-state index in [1.165, 1.54) is 0 Å². The molecular weight excluding hydrogens is 164 g/mol. The van der Waals surface area contributed by atoms with Crippen molar-refractivity contribution in [1.29, 1.82) is 0 Å². The van der Waals surface area contributed by atoms with Gasteiger partial charge in [-0.25, -0.2) is 0 Å². The molecule has 0 saturated carbocycles. The number of hydrogen-bond acceptors (Lipinski definition) is 1. The Bertz CT molecular complexity index is 15.5. The van der Waals surface area contributed by atoms with Crippen LogP contribution < -0.4 is 18.9 Å². The molecule has 0 unspecified atom stereocenters. The molecule has 0 aliphatic carbocycles. The summed E-state index contributed by atoms with van der Waals surface area (Å²) in [7, 11) is 0. The molecule has 0 aromatic rings. The average Bonchev–Trinajstić information content (AvgIpc) is 1.00. The summed E-state index contributed by atoms with van der Waals surface area (Å²) in [5.74, 6) is 0. The molecule has 5 heavy (non-hydrogen) atoms. The molecule has 0 atom stereocenters. The maximum atomic E-state index is 8.28. The van der Waals surface area contributed by atoms with Gasteiger partial charge in [-0.2, -0.15) is 0 Å². The second-order valence-corrected chi connectivity index (χ2v) is 0. The second kappa shape index (κ2) is 38.5. The van der Waals surface area contributed by atoms with Gasteiger partial charge < -0.3 is 1.43 Å². The predicted molar refractivity (Wildman–Crippen MR) is 8.95 cm³/mol. The van der Waals surface area contributed by atoms with Gasteiger partial charge in [0.2, 0.25) is 0 Å². The van der Waals surface area contributed by atoms with Gasteiger partial charge in [0.1, 0.15) is 0 Å². The van der Waals surface area contributed by atoms with E-state index in [0.717, 1.165) is 0 Å². The van der Waals surface area contributed by atoms with Crippen LogP contribution in [0.2, 0.25) is 0 Å². The van der Waals surface area contributed by atoms with E-state index in [4.69, 9.17) is 3.80 Å². The molecular formula is H2AlLiMnNiO. The Hall–Kier alpha value is 1.94. The Kier molecular flexibility index (Phi) is 218. The summed E-state index contributed by atoms with van der Waals surface area (Å²) < 4.78 is 8.28. The van der Waals surface area contributed by atoms with Crippen molar-refractivity contribution in [2.75, 3.05) is 0 Å². The van der Waals surface area contributed by atoms with Crippen molar-refractivity contribution in [1.82, 2.24) is 0 Å². The molecule has 29 valence electrons. The quantitative estimate of drug-likeness (QED) is 0.339. The van der Waals surface area contributed by atoms with E-state index in [1.54, 1.807) is 0 Å². The van der Waals surface area contributed by atoms with Crippen LogP contribution in [-0.4, -0.2) is 16.2 Å². The van der Waals surface area contributed by atoms with E-state index in [2.05, 4.69) is 0 Å². The third kappa shape index (κ3) is 24.5. The van der Waals surface area contributed by atoms with E-state index in [1.807, 2.05) is 0 Å². The Morgan fingerprint density at radius 2 is 1.40 bits per heavy atom. The zero-order valence-electron chi connectivity index (χ0n) is 3.81. The standard InChI is InChI=1S/Al.Li.Mn.Ni.O.2H/q;+1;;;;;-1. The summed E-state index contributed by atoms with van der Waals surface area (Å²) in [6, 6.07) is 0. The monoisotopic (exact) mass is 165 g/mol. The molecule has 0 saturated heterocycles. The van der Waals surface area contributed by atoms with E-state index in [0.29, 0.717) is 16.2 Å². The molecule has 5 heteroatoms. The fraction of sp³-hybridized carbons (Fsp3) is 0. The van der Waals surface area contributed by atoms with E-state index in [-0.39, 0.29) is 53.8 Å². The van der Waals surface area contributed by atoms with Gasteiger partial charge in [0.05, 0.1) is 0 Å². The fourth-order valence-electron chi connectivity index (χ4n) is 0. The SMILES string of the molecule is [H-].[Li+].[Mn].[Ni].[O]=[AlH]. The molecule has 0 aliphatic rings. The van der Waals surface area contributed by atoms with Crippen molar-refractivity contribution in [2.24, 2.45) is 0 Å². The van der Waals surface area contributed by atoms with Crippen molar-refractivity contribution < 1.29 is 57.7 Å². The fourth-order valence-corrected chi connectivity index (χ4v) is 0. The summed E-state index contributed by atoms with van der Waals surface area (Å²) in [6.45, 7) is 0. The van der Waals surface area contributed by atoms with Crippen LogP contribution in [0.3, 0.4) is 0 Å². The molecule has 1 radical (unpaired) electrons. The van der Waals surface area contributed by atoms with Gasteiger partial charge >= 0.3 is 38.9 Å². The number of rotatable bonds is 0. The van der Waals surface area contributed by atoms with Crippen LogP contribution in [0.5, 0.6) is 0 Å². The van der Waals surface area contributed by atoms with Crippen LogP contribution in [0.15, 0.2) is 0 Å². The topological polar surface area (TPSA) is 17.1 Å². The Labute approximate surface area is 73.3 Å². The summed E-state index contributed by atoms with van der Waals surface area (Å²) in [5, 5.41) is 0. The average molecular weight is 166 g/mol. The minimum atomic E-state index is 0. The molecule has 0 amide bonds. The van der Waals surface area contributed by atoms with Crippen LogP contribution in [0.4, 0.5) is 0 Å². The van der Waals surface area contributed by atoms with Gasteiger partial charge in [0.25, 0.3) is 0 Å². The minimum absolute atomic E-state index is 0. The summed E-state index contributed by atoms with van der Waals surface area (Å²) >= 11 is 0.611. The molecule has 0 aromatic heterocycles. The zero-order chi connectivity index (χ0) is 2.00. The maximum absolute atomic E-state index is 8.28. The zero-order valence-corrected chi connectivity index (χ0v) is 6.39. The molecule has 1 nitrogen and oxygen atoms in total. The van der Waals surface area contributed by atoms with Gasteiger partial charge in [0.15, 0.2) is 0 Å². The number of hydrogen-bond donors (Lipinski definition) is 0. The predicted octanol–water partition coefficient (Wildman–Crippen LogP) is -3.66. The van der Waals surface area contributed by atoms with Gasteiger partial charge in [0, 0.05) is 33.6 Å². The summed E-state index contributed by atoms with van der Waals surface area (Å²) in [5.41, 5.74) is 0. The van der Waals surface area contributed by atoms with Crippen LogP contribution in [0, 0.1) is 0 Å². The molecule has 0 aliphatic heterocycles. The Balaban J connectivity index is -0.000000000833. The first-order chi connectivity index (χ1) is 1.00. The van der Waals surface area contributed by atoms with Gasteiger partial charge in [-0.15, -0.1) is 0 Å². The van der Waals surface area contributed by atoms with Crippen LogP contribution >= 0.6 is 0 Å². The first-order valence-electron chi connectivity index (χ1n) is 0.289. The Morgan fingerprint density at radius 1 is 1.40 bits per heavy atom. The molecule has 0 aromatic carbocycles. The molecule has 0 rings (SSSR count). The molecule has 0 spiro atoms. The van der Waals surface area contributed by atoms with Crippen molar-refractivity contribution in [3.63, 3.8) is 0 Å². The summed E-state index contributed by atoms with van der Waals surface area (Å²) in [4.78, 5) is 0. The summed E-state index contributed by atoms with van der Waals surface area (Å²) in [6.07, 6.45) is 0. The first-order valence-corrected chi connectivity index (χ1v) is 0.866. The van der Waals surface area contributed by atoms with Crippen LogP contribution in [0.1, 0.15) is 1.43 Å². The van der Waals surface area contributed by atoms with Crippen molar-refractivity contribution in [3.8, 4) is 0 Å². The van der Waals surface area contributed by atoms with Crippen molar-refractivity contribution in [3.05, 3.63) is 0 Å². The normalized spacial score (nSPS) is 0.600.